The first-order valence-electron chi connectivity index (χ1n) is 4.62. The lowest BCUT2D eigenvalue weighted by atomic mass is 10.2. The lowest BCUT2D eigenvalue weighted by molar-refractivity contribution is 0.0950. The number of nitrogen functional groups attached to an aromatic ring is 1. The maximum atomic E-state index is 11.6. The van der Waals surface area contributed by atoms with Crippen LogP contribution in [-0.4, -0.2) is 26.5 Å². The molecule has 1 amide bonds. The Kier molecular flexibility index (Phi) is 2.77. The van der Waals surface area contributed by atoms with Crippen molar-refractivity contribution in [1.29, 1.82) is 0 Å². The number of hydrogen-bond donors (Lipinski definition) is 3. The van der Waals surface area contributed by atoms with Gasteiger partial charge < -0.3 is 11.1 Å². The van der Waals surface area contributed by atoms with Crippen LogP contribution in [0.25, 0.3) is 0 Å². The van der Waals surface area contributed by atoms with E-state index in [0.29, 0.717) is 17.1 Å². The number of carbonyl (C=O) groups is 1. The van der Waals surface area contributed by atoms with Gasteiger partial charge in [-0.05, 0) is 18.2 Å². The van der Waals surface area contributed by atoms with Crippen LogP contribution >= 0.6 is 0 Å². The molecule has 0 saturated heterocycles. The highest BCUT2D eigenvalue weighted by atomic mass is 16.1. The molecule has 1 aromatic heterocycles. The monoisotopic (exact) mass is 218 g/mol. The normalized spacial score (nSPS) is 10.0. The number of carbonyl (C=O) groups excluding carboxylic acids is 1. The number of aromatic amines is 1. The Morgan fingerprint density at radius 1 is 1.50 bits per heavy atom. The smallest absolute Gasteiger partial charge is 0.251 e. The lowest BCUT2D eigenvalue weighted by Gasteiger charge is -2.02. The molecule has 0 fully saturated rings. The summed E-state index contributed by atoms with van der Waals surface area (Å²) in [6.45, 7) is 0.226. The third-order valence-electron chi connectivity index (χ3n) is 1.95. The van der Waals surface area contributed by atoms with Crippen molar-refractivity contribution in [3.8, 4) is 0 Å². The van der Waals surface area contributed by atoms with E-state index in [1.807, 2.05) is 0 Å². The van der Waals surface area contributed by atoms with E-state index in [1.54, 1.807) is 24.3 Å². The van der Waals surface area contributed by atoms with Gasteiger partial charge in [-0.15, -0.1) is 10.2 Å². The summed E-state index contributed by atoms with van der Waals surface area (Å²) in [5.74, 6) is 0.203. The van der Waals surface area contributed by atoms with Crippen LogP contribution in [0.3, 0.4) is 0 Å². The summed E-state index contributed by atoms with van der Waals surface area (Å²) in [4.78, 5) is 11.6. The highest BCUT2D eigenvalue weighted by Gasteiger charge is 2.06. The van der Waals surface area contributed by atoms with E-state index < -0.39 is 0 Å². The van der Waals surface area contributed by atoms with Gasteiger partial charge in [0.15, 0.2) is 5.82 Å². The maximum Gasteiger partial charge on any atom is 0.251 e. The second-order valence-corrected chi connectivity index (χ2v) is 3.14. The third kappa shape index (κ3) is 2.32. The van der Waals surface area contributed by atoms with Crippen molar-refractivity contribution in [3.05, 3.63) is 35.7 Å². The number of nitrogens with zero attached hydrogens (tertiary/aromatic N) is 3. The highest BCUT2D eigenvalue weighted by Crippen LogP contribution is 2.06. The molecule has 0 atom stereocenters. The van der Waals surface area contributed by atoms with E-state index in [2.05, 4.69) is 25.9 Å². The molecular weight excluding hydrogens is 208 g/mol. The van der Waals surface area contributed by atoms with Gasteiger partial charge in [0.2, 0.25) is 0 Å². The molecule has 16 heavy (non-hydrogen) atoms. The van der Waals surface area contributed by atoms with Crippen LogP contribution in [0.5, 0.6) is 0 Å². The van der Waals surface area contributed by atoms with Gasteiger partial charge in [0.05, 0.1) is 6.54 Å². The first-order valence-corrected chi connectivity index (χ1v) is 4.62. The third-order valence-corrected chi connectivity index (χ3v) is 1.95. The molecule has 4 N–H and O–H groups in total. The molecule has 0 saturated carbocycles. The summed E-state index contributed by atoms with van der Waals surface area (Å²) in [6.07, 6.45) is 0. The number of anilines is 1. The van der Waals surface area contributed by atoms with E-state index in [4.69, 9.17) is 5.73 Å². The molecule has 82 valence electrons. The standard InChI is InChI=1S/C9H10N6O/c10-7-3-1-2-6(4-7)9(16)11-5-8-12-14-15-13-8/h1-4H,5,10H2,(H,11,16)(H,12,13,14,15). The summed E-state index contributed by atoms with van der Waals surface area (Å²) in [7, 11) is 0. The number of nitrogens with two attached hydrogens (primary N) is 1. The SMILES string of the molecule is Nc1cccc(C(=O)NCc2nn[nH]n2)c1. The molecule has 1 aromatic carbocycles. The lowest BCUT2D eigenvalue weighted by Crippen LogP contribution is -2.23. The summed E-state index contributed by atoms with van der Waals surface area (Å²) < 4.78 is 0. The van der Waals surface area contributed by atoms with E-state index >= 15 is 0 Å². The quantitative estimate of drug-likeness (QED) is 0.613. The highest BCUT2D eigenvalue weighted by molar-refractivity contribution is 5.94. The molecule has 0 bridgehead atoms. The molecule has 7 heteroatoms. The van der Waals surface area contributed by atoms with E-state index in [0.717, 1.165) is 0 Å². The zero-order valence-electron chi connectivity index (χ0n) is 8.34. The molecular formula is C9H10N6O. The van der Waals surface area contributed by atoms with E-state index in [9.17, 15) is 4.79 Å². The van der Waals surface area contributed by atoms with Gasteiger partial charge in [-0.1, -0.05) is 11.3 Å². The summed E-state index contributed by atoms with van der Waals surface area (Å²) >= 11 is 0. The summed E-state index contributed by atoms with van der Waals surface area (Å²) in [5, 5.41) is 15.8. The van der Waals surface area contributed by atoms with Crippen LogP contribution in [0.2, 0.25) is 0 Å². The molecule has 0 spiro atoms. The Morgan fingerprint density at radius 3 is 3.06 bits per heavy atom. The van der Waals surface area contributed by atoms with Crippen molar-refractivity contribution in [2.45, 2.75) is 6.54 Å². The first kappa shape index (κ1) is 10.1. The van der Waals surface area contributed by atoms with E-state index in [-0.39, 0.29) is 12.5 Å². The minimum atomic E-state index is -0.225. The van der Waals surface area contributed by atoms with Crippen molar-refractivity contribution in [2.24, 2.45) is 0 Å². The van der Waals surface area contributed by atoms with Crippen molar-refractivity contribution in [1.82, 2.24) is 25.9 Å². The fourth-order valence-corrected chi connectivity index (χ4v) is 1.20. The average molecular weight is 218 g/mol. The Hall–Kier alpha value is -2.44. The Morgan fingerprint density at radius 2 is 2.38 bits per heavy atom. The summed E-state index contributed by atoms with van der Waals surface area (Å²) in [6, 6.07) is 6.72. The molecule has 2 aromatic rings. The van der Waals surface area contributed by atoms with Gasteiger partial charge in [-0.25, -0.2) is 0 Å². The van der Waals surface area contributed by atoms with Gasteiger partial charge >= 0.3 is 0 Å². The number of aromatic nitrogens is 4. The minimum absolute atomic E-state index is 0.225. The van der Waals surface area contributed by atoms with E-state index in [1.165, 1.54) is 0 Å². The Balaban J connectivity index is 1.98. The fraction of sp³-hybridized carbons (Fsp3) is 0.111. The first-order chi connectivity index (χ1) is 7.75. The van der Waals surface area contributed by atoms with Gasteiger partial charge in [0, 0.05) is 11.3 Å². The van der Waals surface area contributed by atoms with Crippen molar-refractivity contribution >= 4 is 11.6 Å². The number of tetrazole rings is 1. The number of benzene rings is 1. The average Bonchev–Trinajstić information content (AvgIpc) is 2.78. The molecule has 0 aliphatic heterocycles. The molecule has 0 aliphatic rings. The van der Waals surface area contributed by atoms with Crippen LogP contribution in [0.1, 0.15) is 16.2 Å². The number of nitrogens with one attached hydrogen (secondary N) is 2. The molecule has 0 unspecified atom stereocenters. The zero-order valence-corrected chi connectivity index (χ0v) is 8.34. The molecule has 2 rings (SSSR count). The predicted octanol–water partition coefficient (Wildman–Crippen LogP) is -0.288. The predicted molar refractivity (Wildman–Crippen MR) is 56.2 cm³/mol. The number of hydrogen-bond acceptors (Lipinski definition) is 5. The number of H-pyrrole nitrogens is 1. The van der Waals surface area contributed by atoms with Crippen LogP contribution in [0, 0.1) is 0 Å². The van der Waals surface area contributed by atoms with Crippen LogP contribution in [0.15, 0.2) is 24.3 Å². The topological polar surface area (TPSA) is 110 Å². The molecule has 0 aliphatic carbocycles. The molecule has 1 heterocycles. The molecule has 7 nitrogen and oxygen atoms in total. The van der Waals surface area contributed by atoms with Crippen LogP contribution < -0.4 is 11.1 Å². The zero-order chi connectivity index (χ0) is 11.4. The van der Waals surface area contributed by atoms with Gasteiger partial charge in [0.25, 0.3) is 5.91 Å². The Bertz CT molecular complexity index is 481. The van der Waals surface area contributed by atoms with Gasteiger partial charge in [-0.3, -0.25) is 4.79 Å². The number of rotatable bonds is 3. The second kappa shape index (κ2) is 4.39. The maximum absolute atomic E-state index is 11.6. The number of amides is 1. The van der Waals surface area contributed by atoms with Crippen LogP contribution in [-0.2, 0) is 6.54 Å². The fourth-order valence-electron chi connectivity index (χ4n) is 1.20. The van der Waals surface area contributed by atoms with Crippen molar-refractivity contribution in [3.63, 3.8) is 0 Å². The van der Waals surface area contributed by atoms with Crippen molar-refractivity contribution < 1.29 is 4.79 Å². The van der Waals surface area contributed by atoms with Crippen molar-refractivity contribution in [2.75, 3.05) is 5.73 Å². The minimum Gasteiger partial charge on any atom is -0.399 e. The van der Waals surface area contributed by atoms with Crippen LogP contribution in [0.4, 0.5) is 5.69 Å². The van der Waals surface area contributed by atoms with Gasteiger partial charge in [0.1, 0.15) is 0 Å². The Labute approximate surface area is 91.0 Å². The molecule has 0 radical (unpaired) electrons. The second-order valence-electron chi connectivity index (χ2n) is 3.14. The largest absolute Gasteiger partial charge is 0.399 e. The van der Waals surface area contributed by atoms with Gasteiger partial charge in [-0.2, -0.15) is 5.21 Å². The summed E-state index contributed by atoms with van der Waals surface area (Å²) in [5.41, 5.74) is 6.62.